The SMILES string of the molecule is CCOCCCNC(=NCc1nnc(C)n1C)NCCc1ccc(F)cc1. The zero-order valence-corrected chi connectivity index (χ0v) is 16.3. The predicted molar refractivity (Wildman–Crippen MR) is 104 cm³/mol. The molecule has 0 saturated heterocycles. The van der Waals surface area contributed by atoms with Gasteiger partial charge in [0.2, 0.25) is 0 Å². The van der Waals surface area contributed by atoms with Crippen molar-refractivity contribution in [3.05, 3.63) is 47.3 Å². The highest BCUT2D eigenvalue weighted by atomic mass is 19.1. The number of benzene rings is 1. The Balaban J connectivity index is 1.88. The van der Waals surface area contributed by atoms with Crippen LogP contribution in [0.15, 0.2) is 29.3 Å². The molecule has 0 spiro atoms. The number of halogens is 1. The summed E-state index contributed by atoms with van der Waals surface area (Å²) in [6, 6.07) is 6.55. The molecule has 0 fully saturated rings. The molecule has 27 heavy (non-hydrogen) atoms. The third-order valence-corrected chi connectivity index (χ3v) is 4.14. The number of aryl methyl sites for hydroxylation is 1. The average molecular weight is 376 g/mol. The maximum Gasteiger partial charge on any atom is 0.191 e. The Kier molecular flexibility index (Phi) is 8.70. The topological polar surface area (TPSA) is 76.4 Å². The lowest BCUT2D eigenvalue weighted by atomic mass is 10.1. The zero-order chi connectivity index (χ0) is 19.5. The van der Waals surface area contributed by atoms with E-state index in [0.717, 1.165) is 49.8 Å². The van der Waals surface area contributed by atoms with Crippen molar-refractivity contribution in [1.82, 2.24) is 25.4 Å². The van der Waals surface area contributed by atoms with Crippen LogP contribution >= 0.6 is 0 Å². The second-order valence-corrected chi connectivity index (χ2v) is 6.17. The molecule has 0 unspecified atom stereocenters. The summed E-state index contributed by atoms with van der Waals surface area (Å²) < 4.78 is 20.3. The zero-order valence-electron chi connectivity index (χ0n) is 16.3. The van der Waals surface area contributed by atoms with E-state index in [1.165, 1.54) is 12.1 Å². The number of ether oxygens (including phenoxy) is 1. The molecule has 1 aromatic heterocycles. The molecular weight excluding hydrogens is 347 g/mol. The molecule has 0 saturated carbocycles. The van der Waals surface area contributed by atoms with Crippen molar-refractivity contribution >= 4 is 5.96 Å². The minimum Gasteiger partial charge on any atom is -0.382 e. The summed E-state index contributed by atoms with van der Waals surface area (Å²) in [4.78, 5) is 4.60. The summed E-state index contributed by atoms with van der Waals surface area (Å²) in [5.74, 6) is 2.16. The third kappa shape index (κ3) is 7.34. The molecule has 7 nitrogen and oxygen atoms in total. The van der Waals surface area contributed by atoms with Crippen molar-refractivity contribution in [3.8, 4) is 0 Å². The number of rotatable bonds is 10. The first kappa shape index (κ1) is 20.8. The van der Waals surface area contributed by atoms with E-state index in [2.05, 4.69) is 25.8 Å². The molecule has 0 radical (unpaired) electrons. The van der Waals surface area contributed by atoms with Gasteiger partial charge in [-0.3, -0.25) is 0 Å². The van der Waals surface area contributed by atoms with Gasteiger partial charge in [-0.15, -0.1) is 10.2 Å². The number of aliphatic imine (C=N–C) groups is 1. The first-order valence-electron chi connectivity index (χ1n) is 9.29. The van der Waals surface area contributed by atoms with Crippen molar-refractivity contribution in [2.75, 3.05) is 26.3 Å². The van der Waals surface area contributed by atoms with Gasteiger partial charge in [-0.2, -0.15) is 0 Å². The number of nitrogens with one attached hydrogen (secondary N) is 2. The lowest BCUT2D eigenvalue weighted by Gasteiger charge is -2.13. The quantitative estimate of drug-likeness (QED) is 0.377. The standard InChI is InChI=1S/C19H29FN6O/c1-4-27-13-5-11-21-19(23-14-18-25-24-15(2)26(18)3)22-12-10-16-6-8-17(20)9-7-16/h6-9H,4-5,10-14H2,1-3H3,(H2,21,22,23). The van der Waals surface area contributed by atoms with Crippen molar-refractivity contribution in [3.63, 3.8) is 0 Å². The maximum absolute atomic E-state index is 13.0. The molecule has 8 heteroatoms. The summed E-state index contributed by atoms with van der Waals surface area (Å²) in [6.07, 6.45) is 1.68. The van der Waals surface area contributed by atoms with Crippen LogP contribution in [-0.2, 0) is 24.8 Å². The number of hydrogen-bond acceptors (Lipinski definition) is 4. The first-order valence-corrected chi connectivity index (χ1v) is 9.29. The van der Waals surface area contributed by atoms with Crippen molar-refractivity contribution in [1.29, 1.82) is 0 Å². The van der Waals surface area contributed by atoms with Crippen molar-refractivity contribution in [2.24, 2.45) is 12.0 Å². The van der Waals surface area contributed by atoms with Gasteiger partial charge in [-0.1, -0.05) is 12.1 Å². The monoisotopic (exact) mass is 376 g/mol. The summed E-state index contributed by atoms with van der Waals surface area (Å²) in [5.41, 5.74) is 1.07. The summed E-state index contributed by atoms with van der Waals surface area (Å²) in [6.45, 7) is 7.24. The fourth-order valence-electron chi connectivity index (χ4n) is 2.41. The highest BCUT2D eigenvalue weighted by molar-refractivity contribution is 5.79. The Morgan fingerprint density at radius 2 is 1.93 bits per heavy atom. The molecular formula is C19H29FN6O. The molecule has 2 N–H and O–H groups in total. The van der Waals surface area contributed by atoms with Crippen LogP contribution in [-0.4, -0.2) is 47.0 Å². The minimum absolute atomic E-state index is 0.219. The number of guanidine groups is 1. The fourth-order valence-corrected chi connectivity index (χ4v) is 2.41. The summed E-state index contributed by atoms with van der Waals surface area (Å²) >= 11 is 0. The van der Waals surface area contributed by atoms with E-state index < -0.39 is 0 Å². The second kappa shape index (κ2) is 11.3. The minimum atomic E-state index is -0.219. The second-order valence-electron chi connectivity index (χ2n) is 6.17. The van der Waals surface area contributed by atoms with Crippen LogP contribution in [0.2, 0.25) is 0 Å². The fraction of sp³-hybridized carbons (Fsp3) is 0.526. The van der Waals surface area contributed by atoms with Gasteiger partial charge in [0.1, 0.15) is 18.2 Å². The van der Waals surface area contributed by atoms with Gasteiger partial charge in [-0.05, 0) is 44.4 Å². The molecule has 2 aromatic rings. The summed E-state index contributed by atoms with van der Waals surface area (Å²) in [5, 5.41) is 14.8. The predicted octanol–water partition coefficient (Wildman–Crippen LogP) is 1.97. The molecule has 0 atom stereocenters. The number of aromatic nitrogens is 3. The Bertz CT molecular complexity index is 713. The van der Waals surface area contributed by atoms with E-state index in [4.69, 9.17) is 4.74 Å². The van der Waals surface area contributed by atoms with Crippen LogP contribution in [0.3, 0.4) is 0 Å². The van der Waals surface area contributed by atoms with E-state index in [1.54, 1.807) is 12.1 Å². The van der Waals surface area contributed by atoms with Crippen molar-refractivity contribution < 1.29 is 9.13 Å². The van der Waals surface area contributed by atoms with Gasteiger partial charge in [-0.25, -0.2) is 9.38 Å². The van der Waals surface area contributed by atoms with Crippen LogP contribution in [0.4, 0.5) is 4.39 Å². The number of hydrogen-bond donors (Lipinski definition) is 2. The smallest absolute Gasteiger partial charge is 0.191 e. The Labute approximate surface area is 160 Å². The van der Waals surface area contributed by atoms with E-state index in [0.29, 0.717) is 19.0 Å². The van der Waals surface area contributed by atoms with Gasteiger partial charge in [0.05, 0.1) is 0 Å². The van der Waals surface area contributed by atoms with Crippen LogP contribution in [0.25, 0.3) is 0 Å². The van der Waals surface area contributed by atoms with E-state index in [1.807, 2.05) is 25.5 Å². The highest BCUT2D eigenvalue weighted by Crippen LogP contribution is 2.03. The maximum atomic E-state index is 13.0. The van der Waals surface area contributed by atoms with Gasteiger partial charge in [0.15, 0.2) is 11.8 Å². The molecule has 0 aliphatic rings. The molecule has 0 aliphatic carbocycles. The van der Waals surface area contributed by atoms with E-state index in [9.17, 15) is 4.39 Å². The van der Waals surface area contributed by atoms with E-state index in [-0.39, 0.29) is 5.82 Å². The normalized spacial score (nSPS) is 11.6. The molecule has 148 valence electrons. The first-order chi connectivity index (χ1) is 13.1. The number of nitrogens with zero attached hydrogens (tertiary/aromatic N) is 4. The van der Waals surface area contributed by atoms with Crippen LogP contribution in [0.5, 0.6) is 0 Å². The lowest BCUT2D eigenvalue weighted by Crippen LogP contribution is -2.39. The molecule has 1 aromatic carbocycles. The van der Waals surface area contributed by atoms with Crippen LogP contribution in [0, 0.1) is 12.7 Å². The van der Waals surface area contributed by atoms with Gasteiger partial charge >= 0.3 is 0 Å². The Morgan fingerprint density at radius 1 is 1.19 bits per heavy atom. The molecule has 0 aliphatic heterocycles. The highest BCUT2D eigenvalue weighted by Gasteiger charge is 2.05. The van der Waals surface area contributed by atoms with Gasteiger partial charge in [0.25, 0.3) is 0 Å². The van der Waals surface area contributed by atoms with Gasteiger partial charge in [0, 0.05) is 33.4 Å². The largest absolute Gasteiger partial charge is 0.382 e. The molecule has 0 amide bonds. The van der Waals surface area contributed by atoms with Gasteiger partial charge < -0.3 is 19.9 Å². The molecule has 2 rings (SSSR count). The third-order valence-electron chi connectivity index (χ3n) is 4.14. The molecule has 1 heterocycles. The van der Waals surface area contributed by atoms with Crippen LogP contribution < -0.4 is 10.6 Å². The summed E-state index contributed by atoms with van der Waals surface area (Å²) in [7, 11) is 1.93. The lowest BCUT2D eigenvalue weighted by molar-refractivity contribution is 0.145. The van der Waals surface area contributed by atoms with Crippen molar-refractivity contribution in [2.45, 2.75) is 33.2 Å². The van der Waals surface area contributed by atoms with E-state index >= 15 is 0 Å². The Hall–Kier alpha value is -2.48. The van der Waals surface area contributed by atoms with Crippen LogP contribution in [0.1, 0.15) is 30.6 Å². The molecule has 0 bridgehead atoms. The average Bonchev–Trinajstić information content (AvgIpc) is 2.99. The Morgan fingerprint density at radius 3 is 2.59 bits per heavy atom.